The van der Waals surface area contributed by atoms with Gasteiger partial charge in [0, 0.05) is 6.54 Å². The highest BCUT2D eigenvalue weighted by Crippen LogP contribution is 2.35. The number of fused-ring (bicyclic) bond motifs is 1. The molecule has 1 saturated carbocycles. The molecule has 1 aliphatic carbocycles. The minimum Gasteiger partial charge on any atom is -0.461 e. The molecule has 35 heavy (non-hydrogen) atoms. The van der Waals surface area contributed by atoms with Gasteiger partial charge >= 0.3 is 5.97 Å². The van der Waals surface area contributed by atoms with Crippen LogP contribution < -0.4 is 0 Å². The lowest BCUT2D eigenvalue weighted by Crippen LogP contribution is -2.30. The van der Waals surface area contributed by atoms with Crippen LogP contribution in [0.25, 0.3) is 0 Å². The average Bonchev–Trinajstić information content (AvgIpc) is 3.50. The number of carbonyl (C=O) groups is 3. The fourth-order valence-electron chi connectivity index (χ4n) is 5.52. The van der Waals surface area contributed by atoms with Crippen LogP contribution in [0.15, 0.2) is 54.6 Å². The highest BCUT2D eigenvalue weighted by Gasteiger charge is 2.34. The maximum Gasteiger partial charge on any atom is 0.309 e. The van der Waals surface area contributed by atoms with Gasteiger partial charge in [0.2, 0.25) is 0 Å². The van der Waals surface area contributed by atoms with E-state index in [1.165, 1.54) is 17.7 Å². The van der Waals surface area contributed by atoms with E-state index < -0.39 is 0 Å². The maximum atomic E-state index is 12.9. The smallest absolute Gasteiger partial charge is 0.309 e. The van der Waals surface area contributed by atoms with Crippen molar-refractivity contribution >= 4 is 17.8 Å². The highest BCUT2D eigenvalue weighted by molar-refractivity contribution is 6.21. The Hall–Kier alpha value is -2.95. The lowest BCUT2D eigenvalue weighted by atomic mass is 9.86. The number of unbranched alkanes of at least 4 members (excludes halogenated alkanes) is 5. The number of imide groups is 1. The second kappa shape index (κ2) is 12.7. The average molecular weight is 476 g/mol. The zero-order valence-electron chi connectivity index (χ0n) is 20.6. The van der Waals surface area contributed by atoms with Crippen LogP contribution in [0.4, 0.5) is 0 Å². The molecule has 1 aliphatic heterocycles. The quantitative estimate of drug-likeness (QED) is 0.187. The van der Waals surface area contributed by atoms with E-state index >= 15 is 0 Å². The van der Waals surface area contributed by atoms with E-state index in [4.69, 9.17) is 4.74 Å². The van der Waals surface area contributed by atoms with Crippen LogP contribution in [0.1, 0.15) is 96.9 Å². The van der Waals surface area contributed by atoms with Crippen LogP contribution in [0.5, 0.6) is 0 Å². The Balaban J connectivity index is 1.12. The Morgan fingerprint density at radius 3 is 2.03 bits per heavy atom. The predicted molar refractivity (Wildman–Crippen MR) is 136 cm³/mol. The van der Waals surface area contributed by atoms with Crippen molar-refractivity contribution in [1.29, 1.82) is 0 Å². The molecule has 5 heteroatoms. The first-order chi connectivity index (χ1) is 17.1. The first kappa shape index (κ1) is 25.2. The number of benzene rings is 2. The Kier molecular flexibility index (Phi) is 9.10. The van der Waals surface area contributed by atoms with Gasteiger partial charge in [-0.2, -0.15) is 0 Å². The number of rotatable bonds is 13. The lowest BCUT2D eigenvalue weighted by Gasteiger charge is -2.22. The summed E-state index contributed by atoms with van der Waals surface area (Å²) in [6.07, 6.45) is 11.8. The van der Waals surface area contributed by atoms with Gasteiger partial charge in [0.05, 0.1) is 17.0 Å². The molecule has 2 aromatic carbocycles. The van der Waals surface area contributed by atoms with Crippen LogP contribution in [0, 0.1) is 11.8 Å². The summed E-state index contributed by atoms with van der Waals surface area (Å²) >= 11 is 0. The molecule has 5 nitrogen and oxygen atoms in total. The standard InChI is InChI=1S/C30H37NO4/c32-28-26-19-11-12-20-27(26)29(33)31(28)21-13-4-2-1-3-8-18-25(24-16-9-10-17-24)30(34)35-22-23-14-6-5-7-15-23/h5-7,11-12,14-15,19-20,24-25H,1-4,8-10,13,16-18,21-22H2. The number of carbonyl (C=O) groups excluding carboxylic acids is 3. The highest BCUT2D eigenvalue weighted by atomic mass is 16.5. The Morgan fingerprint density at radius 1 is 0.800 bits per heavy atom. The van der Waals surface area contributed by atoms with Gasteiger partial charge < -0.3 is 4.74 Å². The molecular weight excluding hydrogens is 438 g/mol. The summed E-state index contributed by atoms with van der Waals surface area (Å²) in [6.45, 7) is 0.847. The summed E-state index contributed by atoms with van der Waals surface area (Å²) in [5.74, 6) is 0.139. The monoisotopic (exact) mass is 475 g/mol. The molecule has 4 rings (SSSR count). The number of amides is 2. The first-order valence-electron chi connectivity index (χ1n) is 13.3. The molecule has 0 radical (unpaired) electrons. The number of hydrogen-bond acceptors (Lipinski definition) is 4. The Labute approximate surface area is 208 Å². The molecule has 0 spiro atoms. The van der Waals surface area contributed by atoms with Crippen LogP contribution >= 0.6 is 0 Å². The van der Waals surface area contributed by atoms with Crippen molar-refractivity contribution in [3.63, 3.8) is 0 Å². The summed E-state index contributed by atoms with van der Waals surface area (Å²) in [6, 6.07) is 16.9. The van der Waals surface area contributed by atoms with Crippen molar-refractivity contribution in [2.24, 2.45) is 11.8 Å². The van der Waals surface area contributed by atoms with Crippen molar-refractivity contribution in [3.05, 3.63) is 71.3 Å². The van der Waals surface area contributed by atoms with Crippen molar-refractivity contribution in [3.8, 4) is 0 Å². The second-order valence-electron chi connectivity index (χ2n) is 9.96. The van der Waals surface area contributed by atoms with Gasteiger partial charge in [-0.15, -0.1) is 0 Å². The molecule has 1 heterocycles. The second-order valence-corrected chi connectivity index (χ2v) is 9.96. The lowest BCUT2D eigenvalue weighted by molar-refractivity contribution is -0.152. The summed E-state index contributed by atoms with van der Waals surface area (Å²) in [4.78, 5) is 39.1. The molecule has 2 aromatic rings. The van der Waals surface area contributed by atoms with Crippen molar-refractivity contribution in [2.75, 3.05) is 6.54 Å². The molecule has 1 atom stereocenters. The van der Waals surface area contributed by atoms with Gasteiger partial charge in [-0.25, -0.2) is 0 Å². The summed E-state index contributed by atoms with van der Waals surface area (Å²) < 4.78 is 5.70. The van der Waals surface area contributed by atoms with Gasteiger partial charge in [0.1, 0.15) is 6.61 Å². The third-order valence-corrected chi connectivity index (χ3v) is 7.52. The summed E-state index contributed by atoms with van der Waals surface area (Å²) in [5.41, 5.74) is 2.08. The van der Waals surface area contributed by atoms with Crippen LogP contribution in [0.3, 0.4) is 0 Å². The third kappa shape index (κ3) is 6.59. The fraction of sp³-hybridized carbons (Fsp3) is 0.500. The first-order valence-corrected chi connectivity index (χ1v) is 13.3. The van der Waals surface area contributed by atoms with Crippen molar-refractivity contribution in [1.82, 2.24) is 4.90 Å². The Bertz CT molecular complexity index is 961. The van der Waals surface area contributed by atoms with Gasteiger partial charge in [-0.1, -0.05) is 87.4 Å². The van der Waals surface area contributed by atoms with E-state index in [0.717, 1.165) is 63.4 Å². The molecule has 1 unspecified atom stereocenters. The zero-order chi connectivity index (χ0) is 24.5. The summed E-state index contributed by atoms with van der Waals surface area (Å²) in [5, 5.41) is 0. The number of ether oxygens (including phenoxy) is 1. The van der Waals surface area contributed by atoms with E-state index in [1.54, 1.807) is 24.3 Å². The van der Waals surface area contributed by atoms with Crippen molar-refractivity contribution < 1.29 is 19.1 Å². The van der Waals surface area contributed by atoms with Crippen LogP contribution in [-0.2, 0) is 16.1 Å². The molecule has 0 N–H and O–H groups in total. The zero-order valence-corrected chi connectivity index (χ0v) is 20.6. The topological polar surface area (TPSA) is 63.7 Å². The molecule has 2 amide bonds. The molecule has 0 bridgehead atoms. The van der Waals surface area contributed by atoms with Gasteiger partial charge in [0.15, 0.2) is 0 Å². The van der Waals surface area contributed by atoms with E-state index in [1.807, 2.05) is 30.3 Å². The van der Waals surface area contributed by atoms with E-state index in [0.29, 0.717) is 30.2 Å². The van der Waals surface area contributed by atoms with Crippen molar-refractivity contribution in [2.45, 2.75) is 77.2 Å². The number of nitrogens with zero attached hydrogens (tertiary/aromatic N) is 1. The predicted octanol–water partition coefficient (Wildman–Crippen LogP) is 6.56. The minimum absolute atomic E-state index is 0.0232. The van der Waals surface area contributed by atoms with Crippen LogP contribution in [-0.4, -0.2) is 29.2 Å². The fourth-order valence-corrected chi connectivity index (χ4v) is 5.52. The molecular formula is C30H37NO4. The normalized spacial score (nSPS) is 16.5. The van der Waals surface area contributed by atoms with Gasteiger partial charge in [-0.05, 0) is 49.3 Å². The molecule has 2 aliphatic rings. The SMILES string of the molecule is O=C(OCc1ccccc1)C(CCCCCCCCN1C(=O)c2ccccc2C1=O)C1CCCC1. The minimum atomic E-state index is -0.164. The van der Waals surface area contributed by atoms with E-state index in [2.05, 4.69) is 0 Å². The molecule has 186 valence electrons. The van der Waals surface area contributed by atoms with E-state index in [-0.39, 0.29) is 23.7 Å². The number of esters is 1. The van der Waals surface area contributed by atoms with Gasteiger partial charge in [-0.3, -0.25) is 19.3 Å². The largest absolute Gasteiger partial charge is 0.461 e. The third-order valence-electron chi connectivity index (χ3n) is 7.52. The van der Waals surface area contributed by atoms with E-state index in [9.17, 15) is 14.4 Å². The Morgan fingerprint density at radius 2 is 1.37 bits per heavy atom. The molecule has 0 aromatic heterocycles. The molecule has 0 saturated heterocycles. The molecule has 1 fully saturated rings. The number of hydrogen-bond donors (Lipinski definition) is 0. The van der Waals surface area contributed by atoms with Crippen LogP contribution in [0.2, 0.25) is 0 Å². The summed E-state index contributed by atoms with van der Waals surface area (Å²) in [7, 11) is 0. The maximum absolute atomic E-state index is 12.9. The van der Waals surface area contributed by atoms with Gasteiger partial charge in [0.25, 0.3) is 11.8 Å².